The van der Waals surface area contributed by atoms with E-state index >= 15 is 0 Å². The second kappa shape index (κ2) is 4.13. The molecule has 13 heavy (non-hydrogen) atoms. The van der Waals surface area contributed by atoms with E-state index in [9.17, 15) is 9.59 Å². The number of carboxylic acid groups (broad SMARTS) is 1. The van der Waals surface area contributed by atoms with Gasteiger partial charge in [0.25, 0.3) is 0 Å². The van der Waals surface area contributed by atoms with E-state index in [1.54, 1.807) is 12.3 Å². The van der Waals surface area contributed by atoms with Crippen molar-refractivity contribution in [1.29, 1.82) is 0 Å². The number of carboxylic acids is 1. The fourth-order valence-electron chi connectivity index (χ4n) is 0.840. The molecule has 0 aliphatic rings. The van der Waals surface area contributed by atoms with E-state index < -0.39 is 5.97 Å². The second-order valence-electron chi connectivity index (χ2n) is 2.57. The van der Waals surface area contributed by atoms with E-state index in [0.717, 1.165) is 5.01 Å². The first kappa shape index (κ1) is 9.85. The lowest BCUT2D eigenvalue weighted by atomic mass is 10.2. The number of rotatable bonds is 4. The summed E-state index contributed by atoms with van der Waals surface area (Å²) in [6.07, 6.45) is -0.103. The van der Waals surface area contributed by atoms with Crippen LogP contribution in [0.4, 0.5) is 0 Å². The number of carbonyl (C=O) groups excluding carboxylic acids is 1. The first-order valence-electron chi connectivity index (χ1n) is 3.76. The molecule has 0 saturated heterocycles. The molecule has 1 rings (SSSR count). The number of nitrogens with zero attached hydrogens (tertiary/aromatic N) is 1. The first-order chi connectivity index (χ1) is 6.09. The molecular formula is C8H9NO3S. The minimum atomic E-state index is -0.958. The Morgan fingerprint density at radius 1 is 1.54 bits per heavy atom. The van der Waals surface area contributed by atoms with Crippen molar-refractivity contribution < 1.29 is 14.7 Å². The minimum absolute atomic E-state index is 0.0263. The lowest BCUT2D eigenvalue weighted by molar-refractivity contribution is -0.136. The summed E-state index contributed by atoms with van der Waals surface area (Å²) in [5.41, 5.74) is 0.378. The van der Waals surface area contributed by atoms with Crippen LogP contribution >= 0.6 is 11.3 Å². The van der Waals surface area contributed by atoms with Gasteiger partial charge < -0.3 is 5.11 Å². The van der Waals surface area contributed by atoms with Gasteiger partial charge in [-0.25, -0.2) is 4.98 Å². The predicted octanol–water partition coefficient (Wildman–Crippen LogP) is 1.50. The fraction of sp³-hybridized carbons (Fsp3) is 0.375. The zero-order valence-electron chi connectivity index (χ0n) is 7.11. The standard InChI is InChI=1S/C8H9NO3S/c1-5-9-6(4-13-5)7(10)2-3-8(11)12/h4H,2-3H2,1H3,(H,11,12). The molecule has 0 spiro atoms. The van der Waals surface area contributed by atoms with Gasteiger partial charge in [-0.3, -0.25) is 9.59 Å². The number of aromatic nitrogens is 1. The molecule has 0 fully saturated rings. The van der Waals surface area contributed by atoms with Crippen LogP contribution in [0.2, 0.25) is 0 Å². The van der Waals surface area contributed by atoms with Gasteiger partial charge in [0.2, 0.25) is 0 Å². The molecule has 4 nitrogen and oxygen atoms in total. The molecule has 0 unspecified atom stereocenters. The number of aliphatic carboxylic acids is 1. The van der Waals surface area contributed by atoms with Crippen molar-refractivity contribution in [3.05, 3.63) is 16.1 Å². The highest BCUT2D eigenvalue weighted by atomic mass is 32.1. The van der Waals surface area contributed by atoms with E-state index in [4.69, 9.17) is 5.11 Å². The lowest BCUT2D eigenvalue weighted by Crippen LogP contribution is -2.03. The normalized spacial score (nSPS) is 9.92. The molecule has 1 heterocycles. The monoisotopic (exact) mass is 199 g/mol. The minimum Gasteiger partial charge on any atom is -0.481 e. The van der Waals surface area contributed by atoms with Crippen LogP contribution in [0.25, 0.3) is 0 Å². The largest absolute Gasteiger partial charge is 0.481 e. The van der Waals surface area contributed by atoms with Crippen LogP contribution in [0.1, 0.15) is 28.3 Å². The molecule has 5 heteroatoms. The van der Waals surface area contributed by atoms with Crippen LogP contribution in [-0.4, -0.2) is 21.8 Å². The number of hydrogen-bond donors (Lipinski definition) is 1. The fourth-order valence-corrected chi connectivity index (χ4v) is 1.46. The quantitative estimate of drug-likeness (QED) is 0.746. The number of carbonyl (C=O) groups is 2. The van der Waals surface area contributed by atoms with Gasteiger partial charge in [-0.1, -0.05) is 0 Å². The molecule has 1 aromatic rings. The topological polar surface area (TPSA) is 67.3 Å². The molecule has 0 saturated carbocycles. The van der Waals surface area contributed by atoms with Gasteiger partial charge in [0.05, 0.1) is 11.4 Å². The molecule has 0 radical (unpaired) electrons. The van der Waals surface area contributed by atoms with Crippen molar-refractivity contribution in [2.24, 2.45) is 0 Å². The van der Waals surface area contributed by atoms with E-state index in [0.29, 0.717) is 5.69 Å². The Hall–Kier alpha value is -1.23. The van der Waals surface area contributed by atoms with Gasteiger partial charge in [-0.2, -0.15) is 0 Å². The highest BCUT2D eigenvalue weighted by Gasteiger charge is 2.10. The Bertz CT molecular complexity index is 332. The molecule has 0 amide bonds. The predicted molar refractivity (Wildman–Crippen MR) is 48.1 cm³/mol. The molecular weight excluding hydrogens is 190 g/mol. The van der Waals surface area contributed by atoms with E-state index in [1.165, 1.54) is 11.3 Å². The number of thiazole rings is 1. The van der Waals surface area contributed by atoms with Crippen molar-refractivity contribution in [1.82, 2.24) is 4.98 Å². The second-order valence-corrected chi connectivity index (χ2v) is 3.63. The summed E-state index contributed by atoms with van der Waals surface area (Å²) in [6, 6.07) is 0. The van der Waals surface area contributed by atoms with Crippen molar-refractivity contribution in [3.8, 4) is 0 Å². The maximum atomic E-state index is 11.2. The highest BCUT2D eigenvalue weighted by molar-refractivity contribution is 7.09. The van der Waals surface area contributed by atoms with E-state index in [-0.39, 0.29) is 18.6 Å². The summed E-state index contributed by atoms with van der Waals surface area (Å²) >= 11 is 1.39. The van der Waals surface area contributed by atoms with Crippen molar-refractivity contribution in [3.63, 3.8) is 0 Å². The van der Waals surface area contributed by atoms with Gasteiger partial charge in [-0.15, -0.1) is 11.3 Å². The number of Topliss-reactive ketones (excluding diaryl/α,β-unsaturated/α-hetero) is 1. The summed E-state index contributed by atoms with van der Waals surface area (Å²) < 4.78 is 0. The third kappa shape index (κ3) is 2.95. The van der Waals surface area contributed by atoms with Crippen LogP contribution < -0.4 is 0 Å². The summed E-state index contributed by atoms with van der Waals surface area (Å²) in [5, 5.41) is 10.8. The summed E-state index contributed by atoms with van der Waals surface area (Å²) in [5.74, 6) is -1.16. The SMILES string of the molecule is Cc1nc(C(=O)CCC(=O)O)cs1. The molecule has 0 atom stereocenters. The number of aryl methyl sites for hydroxylation is 1. The maximum absolute atomic E-state index is 11.2. The Morgan fingerprint density at radius 2 is 2.23 bits per heavy atom. The Balaban J connectivity index is 2.54. The summed E-state index contributed by atoms with van der Waals surface area (Å²) in [6.45, 7) is 1.80. The average molecular weight is 199 g/mol. The van der Waals surface area contributed by atoms with Gasteiger partial charge in [0.1, 0.15) is 5.69 Å². The highest BCUT2D eigenvalue weighted by Crippen LogP contribution is 2.10. The van der Waals surface area contributed by atoms with Crippen molar-refractivity contribution >= 4 is 23.1 Å². The molecule has 0 bridgehead atoms. The van der Waals surface area contributed by atoms with Gasteiger partial charge in [0, 0.05) is 11.8 Å². The van der Waals surface area contributed by atoms with E-state index in [1.807, 2.05) is 0 Å². The van der Waals surface area contributed by atoms with Crippen LogP contribution in [-0.2, 0) is 4.79 Å². The smallest absolute Gasteiger partial charge is 0.303 e. The number of ketones is 1. The molecule has 70 valence electrons. The molecule has 0 aliphatic heterocycles. The number of hydrogen-bond acceptors (Lipinski definition) is 4. The maximum Gasteiger partial charge on any atom is 0.303 e. The molecule has 1 N–H and O–H groups in total. The van der Waals surface area contributed by atoms with E-state index in [2.05, 4.69) is 4.98 Å². The van der Waals surface area contributed by atoms with Crippen LogP contribution in [0.5, 0.6) is 0 Å². The third-order valence-electron chi connectivity index (χ3n) is 1.47. The zero-order valence-corrected chi connectivity index (χ0v) is 7.93. The summed E-state index contributed by atoms with van der Waals surface area (Å²) in [7, 11) is 0. The summed E-state index contributed by atoms with van der Waals surface area (Å²) in [4.78, 5) is 25.4. The molecule has 0 aromatic carbocycles. The van der Waals surface area contributed by atoms with Gasteiger partial charge in [0.15, 0.2) is 5.78 Å². The van der Waals surface area contributed by atoms with Crippen LogP contribution in [0.15, 0.2) is 5.38 Å². The molecule has 0 aliphatic carbocycles. The van der Waals surface area contributed by atoms with Crippen molar-refractivity contribution in [2.45, 2.75) is 19.8 Å². The lowest BCUT2D eigenvalue weighted by Gasteiger charge is -1.92. The Labute approximate surface area is 79.2 Å². The van der Waals surface area contributed by atoms with Crippen LogP contribution in [0, 0.1) is 6.92 Å². The van der Waals surface area contributed by atoms with Gasteiger partial charge in [-0.05, 0) is 6.92 Å². The third-order valence-corrected chi connectivity index (χ3v) is 2.24. The average Bonchev–Trinajstić information content (AvgIpc) is 2.47. The van der Waals surface area contributed by atoms with Crippen molar-refractivity contribution in [2.75, 3.05) is 0 Å². The van der Waals surface area contributed by atoms with Crippen LogP contribution in [0.3, 0.4) is 0 Å². The Kier molecular flexibility index (Phi) is 3.13. The Morgan fingerprint density at radius 3 is 2.69 bits per heavy atom. The first-order valence-corrected chi connectivity index (χ1v) is 4.64. The molecule has 1 aromatic heterocycles. The van der Waals surface area contributed by atoms with Gasteiger partial charge >= 0.3 is 5.97 Å². The zero-order chi connectivity index (χ0) is 9.84.